The SMILES string of the molecule is O=C(O)[C@@H]1CCCN1C(=O)COc1c[c]ccc1. The molecular formula is C13H14NO4. The second-order valence-electron chi connectivity index (χ2n) is 4.11. The van der Waals surface area contributed by atoms with E-state index in [4.69, 9.17) is 9.84 Å². The summed E-state index contributed by atoms with van der Waals surface area (Å²) in [7, 11) is 0. The van der Waals surface area contributed by atoms with Gasteiger partial charge in [0.15, 0.2) is 6.61 Å². The fourth-order valence-electron chi connectivity index (χ4n) is 2.02. The van der Waals surface area contributed by atoms with Crippen LogP contribution in [0.3, 0.4) is 0 Å². The molecule has 0 aliphatic carbocycles. The maximum Gasteiger partial charge on any atom is 0.326 e. The van der Waals surface area contributed by atoms with Crippen LogP contribution in [0.1, 0.15) is 12.8 Å². The molecule has 1 aromatic carbocycles. The Kier molecular flexibility index (Phi) is 3.82. The summed E-state index contributed by atoms with van der Waals surface area (Å²) in [5.74, 6) is -0.686. The number of carbonyl (C=O) groups is 2. The zero-order valence-electron chi connectivity index (χ0n) is 9.83. The van der Waals surface area contributed by atoms with E-state index in [1.54, 1.807) is 24.3 Å². The number of benzene rings is 1. The van der Waals surface area contributed by atoms with Crippen molar-refractivity contribution in [3.63, 3.8) is 0 Å². The molecule has 5 nitrogen and oxygen atoms in total. The summed E-state index contributed by atoms with van der Waals surface area (Å²) in [5, 5.41) is 8.98. The molecule has 1 fully saturated rings. The molecule has 1 saturated heterocycles. The summed E-state index contributed by atoms with van der Waals surface area (Å²) in [6.07, 6.45) is 1.24. The third kappa shape index (κ3) is 2.80. The molecule has 1 heterocycles. The van der Waals surface area contributed by atoms with E-state index in [9.17, 15) is 9.59 Å². The van der Waals surface area contributed by atoms with E-state index in [1.807, 2.05) is 0 Å². The van der Waals surface area contributed by atoms with Crippen LogP contribution < -0.4 is 4.74 Å². The fraction of sp³-hybridized carbons (Fsp3) is 0.385. The van der Waals surface area contributed by atoms with Crippen molar-refractivity contribution in [1.29, 1.82) is 0 Å². The van der Waals surface area contributed by atoms with Gasteiger partial charge in [-0.25, -0.2) is 4.79 Å². The Balaban J connectivity index is 1.90. The highest BCUT2D eigenvalue weighted by Gasteiger charge is 2.33. The van der Waals surface area contributed by atoms with Crippen molar-refractivity contribution < 1.29 is 19.4 Å². The van der Waals surface area contributed by atoms with Gasteiger partial charge in [-0.3, -0.25) is 4.79 Å². The van der Waals surface area contributed by atoms with Crippen LogP contribution in [0.15, 0.2) is 24.3 Å². The lowest BCUT2D eigenvalue weighted by Gasteiger charge is -2.21. The van der Waals surface area contributed by atoms with Crippen LogP contribution in [0.2, 0.25) is 0 Å². The first kappa shape index (κ1) is 12.4. The van der Waals surface area contributed by atoms with E-state index in [2.05, 4.69) is 6.07 Å². The van der Waals surface area contributed by atoms with E-state index in [0.29, 0.717) is 18.7 Å². The number of ether oxygens (including phenoxy) is 1. The molecular weight excluding hydrogens is 234 g/mol. The number of carboxylic acid groups (broad SMARTS) is 1. The number of carboxylic acids is 1. The van der Waals surface area contributed by atoms with Gasteiger partial charge in [0.1, 0.15) is 11.8 Å². The average Bonchev–Trinajstić information content (AvgIpc) is 2.86. The van der Waals surface area contributed by atoms with E-state index >= 15 is 0 Å². The molecule has 1 atom stereocenters. The molecule has 0 spiro atoms. The van der Waals surface area contributed by atoms with Crippen molar-refractivity contribution in [3.05, 3.63) is 30.3 Å². The van der Waals surface area contributed by atoms with Gasteiger partial charge < -0.3 is 14.7 Å². The van der Waals surface area contributed by atoms with Crippen LogP contribution >= 0.6 is 0 Å². The largest absolute Gasteiger partial charge is 0.484 e. The second kappa shape index (κ2) is 5.53. The van der Waals surface area contributed by atoms with Crippen LogP contribution in [0.4, 0.5) is 0 Å². The molecule has 1 aliphatic heterocycles. The summed E-state index contributed by atoms with van der Waals surface area (Å²) >= 11 is 0. The number of nitrogens with zero attached hydrogens (tertiary/aromatic N) is 1. The molecule has 0 unspecified atom stereocenters. The Hall–Kier alpha value is -2.04. The molecule has 1 amide bonds. The maximum absolute atomic E-state index is 11.9. The minimum absolute atomic E-state index is 0.137. The van der Waals surface area contributed by atoms with Crippen molar-refractivity contribution >= 4 is 11.9 Å². The average molecular weight is 248 g/mol. The molecule has 0 saturated carbocycles. The van der Waals surface area contributed by atoms with Crippen LogP contribution in [-0.4, -0.2) is 41.1 Å². The zero-order chi connectivity index (χ0) is 13.0. The highest BCUT2D eigenvalue weighted by molar-refractivity contribution is 5.85. The zero-order valence-corrected chi connectivity index (χ0v) is 9.83. The number of likely N-dealkylation sites (tertiary alicyclic amines) is 1. The summed E-state index contributed by atoms with van der Waals surface area (Å²) in [6, 6.07) is 8.98. The molecule has 95 valence electrons. The predicted molar refractivity (Wildman–Crippen MR) is 63.1 cm³/mol. The van der Waals surface area contributed by atoms with Crippen molar-refractivity contribution in [2.75, 3.05) is 13.2 Å². The fourth-order valence-corrected chi connectivity index (χ4v) is 2.02. The van der Waals surface area contributed by atoms with E-state index < -0.39 is 12.0 Å². The van der Waals surface area contributed by atoms with Gasteiger partial charge in [-0.2, -0.15) is 0 Å². The van der Waals surface area contributed by atoms with Crippen molar-refractivity contribution in [3.8, 4) is 5.75 Å². The van der Waals surface area contributed by atoms with E-state index in [-0.39, 0.29) is 12.5 Å². The maximum atomic E-state index is 11.9. The number of carbonyl (C=O) groups excluding carboxylic acids is 1. The van der Waals surface area contributed by atoms with E-state index in [1.165, 1.54) is 4.90 Å². The Morgan fingerprint density at radius 1 is 1.56 bits per heavy atom. The summed E-state index contributed by atoms with van der Waals surface area (Å²) in [4.78, 5) is 24.2. The standard InChI is InChI=1S/C13H14NO4/c15-12(9-18-10-5-2-1-3-6-10)14-8-4-7-11(14)13(16)17/h1-2,5-6,11H,4,7-9H2,(H,16,17)/t11-/m0/s1. The molecule has 0 aromatic heterocycles. The summed E-state index contributed by atoms with van der Waals surface area (Å²) in [6.45, 7) is 0.349. The third-order valence-electron chi connectivity index (χ3n) is 2.90. The van der Waals surface area contributed by atoms with Gasteiger partial charge in [0.2, 0.25) is 0 Å². The molecule has 18 heavy (non-hydrogen) atoms. The Bertz CT molecular complexity index is 432. The molecule has 0 bridgehead atoms. The molecule has 1 aliphatic rings. The Labute approximate surface area is 105 Å². The van der Waals surface area contributed by atoms with Gasteiger partial charge in [-0.1, -0.05) is 12.1 Å². The van der Waals surface area contributed by atoms with Gasteiger partial charge in [0.25, 0.3) is 5.91 Å². The molecule has 2 rings (SSSR count). The number of rotatable bonds is 4. The summed E-state index contributed by atoms with van der Waals surface area (Å²) < 4.78 is 5.29. The van der Waals surface area contributed by atoms with Gasteiger partial charge in [0, 0.05) is 6.54 Å². The third-order valence-corrected chi connectivity index (χ3v) is 2.90. The topological polar surface area (TPSA) is 66.8 Å². The smallest absolute Gasteiger partial charge is 0.326 e. The number of amides is 1. The quantitative estimate of drug-likeness (QED) is 0.861. The van der Waals surface area contributed by atoms with Gasteiger partial charge in [-0.05, 0) is 31.0 Å². The van der Waals surface area contributed by atoms with E-state index in [0.717, 1.165) is 6.42 Å². The minimum atomic E-state index is -0.950. The molecule has 5 heteroatoms. The lowest BCUT2D eigenvalue weighted by Crippen LogP contribution is -2.42. The highest BCUT2D eigenvalue weighted by atomic mass is 16.5. The summed E-state index contributed by atoms with van der Waals surface area (Å²) in [5.41, 5.74) is 0. The van der Waals surface area contributed by atoms with Crippen LogP contribution in [-0.2, 0) is 9.59 Å². The van der Waals surface area contributed by atoms with Crippen LogP contribution in [0, 0.1) is 6.07 Å². The predicted octanol–water partition coefficient (Wildman–Crippen LogP) is 0.941. The van der Waals surface area contributed by atoms with Crippen molar-refractivity contribution in [2.45, 2.75) is 18.9 Å². The van der Waals surface area contributed by atoms with Crippen molar-refractivity contribution in [1.82, 2.24) is 4.90 Å². The second-order valence-corrected chi connectivity index (χ2v) is 4.11. The lowest BCUT2D eigenvalue weighted by molar-refractivity contribution is -0.148. The number of hydrogen-bond donors (Lipinski definition) is 1. The Morgan fingerprint density at radius 3 is 3.06 bits per heavy atom. The van der Waals surface area contributed by atoms with Gasteiger partial charge >= 0.3 is 5.97 Å². The molecule has 1 aromatic rings. The lowest BCUT2D eigenvalue weighted by atomic mass is 10.2. The number of aliphatic carboxylic acids is 1. The van der Waals surface area contributed by atoms with Crippen LogP contribution in [0.25, 0.3) is 0 Å². The van der Waals surface area contributed by atoms with Crippen molar-refractivity contribution in [2.24, 2.45) is 0 Å². The first-order chi connectivity index (χ1) is 8.68. The van der Waals surface area contributed by atoms with Gasteiger partial charge in [0.05, 0.1) is 0 Å². The molecule has 1 N–H and O–H groups in total. The van der Waals surface area contributed by atoms with Gasteiger partial charge in [-0.15, -0.1) is 0 Å². The molecule has 1 radical (unpaired) electrons. The normalized spacial score (nSPS) is 18.7. The number of hydrogen-bond acceptors (Lipinski definition) is 3. The monoisotopic (exact) mass is 248 g/mol. The van der Waals surface area contributed by atoms with Crippen LogP contribution in [0.5, 0.6) is 5.75 Å². The first-order valence-electron chi connectivity index (χ1n) is 5.79. The first-order valence-corrected chi connectivity index (χ1v) is 5.79. The Morgan fingerprint density at radius 2 is 2.39 bits per heavy atom. The highest BCUT2D eigenvalue weighted by Crippen LogP contribution is 2.18. The minimum Gasteiger partial charge on any atom is -0.484 e.